The SMILES string of the molecule is C=C(C)CN(CC(C)C(=O)O)c1cccc(C#N)c1. The summed E-state index contributed by atoms with van der Waals surface area (Å²) < 4.78 is 0. The molecule has 0 amide bonds. The molecule has 0 radical (unpaired) electrons. The topological polar surface area (TPSA) is 64.3 Å². The van der Waals surface area contributed by atoms with Gasteiger partial charge >= 0.3 is 5.97 Å². The van der Waals surface area contributed by atoms with E-state index in [0.717, 1.165) is 11.3 Å². The molecular weight excluding hydrogens is 240 g/mol. The molecule has 0 heterocycles. The first-order valence-electron chi connectivity index (χ1n) is 6.06. The minimum Gasteiger partial charge on any atom is -0.481 e. The van der Waals surface area contributed by atoms with Gasteiger partial charge < -0.3 is 10.0 Å². The second-order valence-electron chi connectivity index (χ2n) is 4.74. The van der Waals surface area contributed by atoms with Crippen molar-refractivity contribution in [2.24, 2.45) is 5.92 Å². The van der Waals surface area contributed by atoms with Crippen LogP contribution in [0.25, 0.3) is 0 Å². The summed E-state index contributed by atoms with van der Waals surface area (Å²) in [6.07, 6.45) is 0. The molecule has 0 spiro atoms. The maximum atomic E-state index is 11.0. The van der Waals surface area contributed by atoms with E-state index in [1.54, 1.807) is 25.1 Å². The van der Waals surface area contributed by atoms with Gasteiger partial charge in [-0.1, -0.05) is 25.1 Å². The van der Waals surface area contributed by atoms with Gasteiger partial charge in [-0.2, -0.15) is 5.26 Å². The molecule has 1 aromatic carbocycles. The quantitative estimate of drug-likeness (QED) is 0.797. The Morgan fingerprint density at radius 3 is 2.79 bits per heavy atom. The fourth-order valence-electron chi connectivity index (χ4n) is 1.77. The Bertz CT molecular complexity index is 517. The van der Waals surface area contributed by atoms with Gasteiger partial charge in [0, 0.05) is 18.8 Å². The van der Waals surface area contributed by atoms with Gasteiger partial charge in [-0.05, 0) is 25.1 Å². The Morgan fingerprint density at radius 1 is 1.58 bits per heavy atom. The van der Waals surface area contributed by atoms with Gasteiger partial charge in [0.2, 0.25) is 0 Å². The van der Waals surface area contributed by atoms with Crippen molar-refractivity contribution in [2.45, 2.75) is 13.8 Å². The number of aliphatic carboxylic acids is 1. The van der Waals surface area contributed by atoms with Crippen molar-refractivity contribution in [3.05, 3.63) is 42.0 Å². The highest BCUT2D eigenvalue weighted by atomic mass is 16.4. The number of carboxylic acid groups (broad SMARTS) is 1. The highest BCUT2D eigenvalue weighted by molar-refractivity contribution is 5.70. The molecule has 0 aliphatic heterocycles. The third-order valence-electron chi connectivity index (χ3n) is 2.72. The van der Waals surface area contributed by atoms with Gasteiger partial charge in [0.05, 0.1) is 17.6 Å². The van der Waals surface area contributed by atoms with Crippen LogP contribution in [0.1, 0.15) is 19.4 Å². The molecule has 0 bridgehead atoms. The van der Waals surface area contributed by atoms with E-state index < -0.39 is 11.9 Å². The molecule has 0 saturated heterocycles. The number of carboxylic acids is 1. The molecule has 1 rings (SSSR count). The van der Waals surface area contributed by atoms with Crippen LogP contribution in [0.2, 0.25) is 0 Å². The van der Waals surface area contributed by atoms with Crippen molar-refractivity contribution in [3.8, 4) is 6.07 Å². The van der Waals surface area contributed by atoms with Crippen LogP contribution in [-0.4, -0.2) is 24.2 Å². The van der Waals surface area contributed by atoms with Crippen LogP contribution in [0.3, 0.4) is 0 Å². The van der Waals surface area contributed by atoms with E-state index in [2.05, 4.69) is 12.6 Å². The number of carbonyl (C=O) groups is 1. The van der Waals surface area contributed by atoms with Crippen LogP contribution >= 0.6 is 0 Å². The van der Waals surface area contributed by atoms with E-state index in [1.807, 2.05) is 17.9 Å². The fourth-order valence-corrected chi connectivity index (χ4v) is 1.77. The Morgan fingerprint density at radius 2 is 2.26 bits per heavy atom. The summed E-state index contributed by atoms with van der Waals surface area (Å²) in [5, 5.41) is 17.9. The van der Waals surface area contributed by atoms with Gasteiger partial charge in [-0.25, -0.2) is 0 Å². The molecule has 0 aromatic heterocycles. The first-order valence-corrected chi connectivity index (χ1v) is 6.06. The van der Waals surface area contributed by atoms with E-state index in [9.17, 15) is 4.79 Å². The largest absolute Gasteiger partial charge is 0.481 e. The molecule has 0 fully saturated rings. The summed E-state index contributed by atoms with van der Waals surface area (Å²) in [5.74, 6) is -1.31. The highest BCUT2D eigenvalue weighted by Gasteiger charge is 2.17. The summed E-state index contributed by atoms with van der Waals surface area (Å²) in [7, 11) is 0. The second-order valence-corrected chi connectivity index (χ2v) is 4.74. The fraction of sp³-hybridized carbons (Fsp3) is 0.333. The zero-order valence-corrected chi connectivity index (χ0v) is 11.3. The first kappa shape index (κ1) is 14.8. The number of benzene rings is 1. The van der Waals surface area contributed by atoms with Gasteiger partial charge in [0.15, 0.2) is 0 Å². The van der Waals surface area contributed by atoms with Crippen molar-refractivity contribution in [2.75, 3.05) is 18.0 Å². The highest BCUT2D eigenvalue weighted by Crippen LogP contribution is 2.18. The van der Waals surface area contributed by atoms with E-state index in [1.165, 1.54) is 0 Å². The molecule has 1 aromatic rings. The summed E-state index contributed by atoms with van der Waals surface area (Å²) in [5.41, 5.74) is 2.35. The molecule has 1 atom stereocenters. The Kier molecular flexibility index (Phi) is 5.13. The van der Waals surface area contributed by atoms with Gasteiger partial charge in [-0.3, -0.25) is 4.79 Å². The maximum Gasteiger partial charge on any atom is 0.308 e. The second kappa shape index (κ2) is 6.60. The molecule has 4 nitrogen and oxygen atoms in total. The van der Waals surface area contributed by atoms with Gasteiger partial charge in [0.1, 0.15) is 0 Å². The predicted molar refractivity (Wildman–Crippen MR) is 75.0 cm³/mol. The van der Waals surface area contributed by atoms with Crippen LogP contribution < -0.4 is 4.90 Å². The number of nitrogens with zero attached hydrogens (tertiary/aromatic N) is 2. The third kappa shape index (κ3) is 4.47. The molecule has 1 unspecified atom stereocenters. The molecule has 1 N–H and O–H groups in total. The lowest BCUT2D eigenvalue weighted by atomic mass is 10.1. The molecule has 0 aliphatic carbocycles. The molecule has 19 heavy (non-hydrogen) atoms. The Labute approximate surface area is 113 Å². The van der Waals surface area contributed by atoms with E-state index >= 15 is 0 Å². The lowest BCUT2D eigenvalue weighted by Gasteiger charge is -2.27. The normalized spacial score (nSPS) is 11.4. The Hall–Kier alpha value is -2.28. The monoisotopic (exact) mass is 258 g/mol. The average Bonchev–Trinajstić information content (AvgIpc) is 2.37. The van der Waals surface area contributed by atoms with Crippen LogP contribution in [0.15, 0.2) is 36.4 Å². The minimum atomic E-state index is -0.830. The first-order chi connectivity index (χ1) is 8.93. The third-order valence-corrected chi connectivity index (χ3v) is 2.72. The summed E-state index contributed by atoms with van der Waals surface area (Å²) in [4.78, 5) is 12.9. The molecule has 0 saturated carbocycles. The number of hydrogen-bond acceptors (Lipinski definition) is 3. The number of anilines is 1. The lowest BCUT2D eigenvalue weighted by Crippen LogP contribution is -2.33. The van der Waals surface area contributed by atoms with Crippen molar-refractivity contribution in [1.29, 1.82) is 5.26 Å². The smallest absolute Gasteiger partial charge is 0.308 e. The van der Waals surface area contributed by atoms with Crippen LogP contribution in [0.4, 0.5) is 5.69 Å². The number of rotatable bonds is 6. The standard InChI is InChI=1S/C15H18N2O2/c1-11(2)9-17(10-12(3)15(18)19)14-6-4-5-13(7-14)8-16/h4-7,12H,1,9-10H2,2-3H3,(H,18,19). The lowest BCUT2D eigenvalue weighted by molar-refractivity contribution is -0.140. The van der Waals surface area contributed by atoms with Crippen LogP contribution in [0, 0.1) is 17.2 Å². The van der Waals surface area contributed by atoms with E-state index in [0.29, 0.717) is 18.7 Å². The number of nitriles is 1. The van der Waals surface area contributed by atoms with E-state index in [-0.39, 0.29) is 0 Å². The van der Waals surface area contributed by atoms with Crippen molar-refractivity contribution < 1.29 is 9.90 Å². The van der Waals surface area contributed by atoms with Crippen molar-refractivity contribution >= 4 is 11.7 Å². The van der Waals surface area contributed by atoms with Crippen molar-refractivity contribution in [1.82, 2.24) is 0 Å². The van der Waals surface area contributed by atoms with Crippen LogP contribution in [0.5, 0.6) is 0 Å². The molecule has 4 heteroatoms. The van der Waals surface area contributed by atoms with Crippen LogP contribution in [-0.2, 0) is 4.79 Å². The van der Waals surface area contributed by atoms with Gasteiger partial charge in [-0.15, -0.1) is 0 Å². The summed E-state index contributed by atoms with van der Waals surface area (Å²) in [6.45, 7) is 8.39. The van der Waals surface area contributed by atoms with Crippen molar-refractivity contribution in [3.63, 3.8) is 0 Å². The predicted octanol–water partition coefficient (Wildman–Crippen LogP) is 2.66. The maximum absolute atomic E-state index is 11.0. The van der Waals surface area contributed by atoms with E-state index in [4.69, 9.17) is 10.4 Å². The zero-order valence-electron chi connectivity index (χ0n) is 11.3. The summed E-state index contributed by atoms with van der Waals surface area (Å²) in [6, 6.07) is 9.24. The number of hydrogen-bond donors (Lipinski definition) is 1. The van der Waals surface area contributed by atoms with Gasteiger partial charge in [0.25, 0.3) is 0 Å². The molecular formula is C15H18N2O2. The average molecular weight is 258 g/mol. The zero-order chi connectivity index (χ0) is 14.4. The summed E-state index contributed by atoms with van der Waals surface area (Å²) >= 11 is 0. The Balaban J connectivity index is 2.98. The molecule has 100 valence electrons. The minimum absolute atomic E-state index is 0.386. The molecule has 0 aliphatic rings.